The first kappa shape index (κ1) is 12.4. The standard InChI is InChI=1S/C10H19BrO3/c1-3-4-13-5-6-14-9-7-8(11)10(9)12-2/h8-10H,3-7H2,1-2H3. The topological polar surface area (TPSA) is 27.7 Å². The lowest BCUT2D eigenvalue weighted by Crippen LogP contribution is -2.50. The van der Waals surface area contributed by atoms with Crippen molar-refractivity contribution in [1.29, 1.82) is 0 Å². The van der Waals surface area contributed by atoms with Gasteiger partial charge in [0.1, 0.15) is 0 Å². The lowest BCUT2D eigenvalue weighted by Gasteiger charge is -2.39. The molecule has 0 spiro atoms. The van der Waals surface area contributed by atoms with Gasteiger partial charge in [0.05, 0.1) is 25.4 Å². The van der Waals surface area contributed by atoms with Crippen LogP contribution in [-0.4, -0.2) is 44.0 Å². The van der Waals surface area contributed by atoms with Crippen LogP contribution in [0, 0.1) is 0 Å². The van der Waals surface area contributed by atoms with Gasteiger partial charge in [-0.05, 0) is 12.8 Å². The molecule has 1 saturated carbocycles. The molecule has 0 N–H and O–H groups in total. The molecular weight excluding hydrogens is 248 g/mol. The Balaban J connectivity index is 1.97. The monoisotopic (exact) mass is 266 g/mol. The Morgan fingerprint density at radius 3 is 2.64 bits per heavy atom. The van der Waals surface area contributed by atoms with Gasteiger partial charge in [-0.3, -0.25) is 0 Å². The second-order valence-corrected chi connectivity index (χ2v) is 4.65. The van der Waals surface area contributed by atoms with E-state index in [-0.39, 0.29) is 12.2 Å². The van der Waals surface area contributed by atoms with Crippen molar-refractivity contribution in [1.82, 2.24) is 0 Å². The molecule has 1 rings (SSSR count). The summed E-state index contributed by atoms with van der Waals surface area (Å²) in [5.41, 5.74) is 0. The van der Waals surface area contributed by atoms with Crippen LogP contribution in [0.15, 0.2) is 0 Å². The molecule has 0 amide bonds. The number of halogens is 1. The number of alkyl halides is 1. The minimum absolute atomic E-state index is 0.209. The Hall–Kier alpha value is 0.360. The molecule has 4 heteroatoms. The van der Waals surface area contributed by atoms with Gasteiger partial charge in [0.2, 0.25) is 0 Å². The fourth-order valence-electron chi connectivity index (χ4n) is 1.49. The third-order valence-corrected chi connectivity index (χ3v) is 3.26. The van der Waals surface area contributed by atoms with Crippen LogP contribution in [0.5, 0.6) is 0 Å². The van der Waals surface area contributed by atoms with Crippen LogP contribution >= 0.6 is 15.9 Å². The van der Waals surface area contributed by atoms with E-state index in [2.05, 4.69) is 22.9 Å². The molecule has 0 aromatic heterocycles. The van der Waals surface area contributed by atoms with Gasteiger partial charge in [0.25, 0.3) is 0 Å². The van der Waals surface area contributed by atoms with Crippen LogP contribution in [0.4, 0.5) is 0 Å². The second-order valence-electron chi connectivity index (χ2n) is 3.47. The molecule has 1 aliphatic rings. The van der Waals surface area contributed by atoms with E-state index in [1.807, 2.05) is 0 Å². The van der Waals surface area contributed by atoms with Gasteiger partial charge in [0, 0.05) is 18.5 Å². The van der Waals surface area contributed by atoms with E-state index in [0.717, 1.165) is 19.4 Å². The van der Waals surface area contributed by atoms with Crippen molar-refractivity contribution in [2.45, 2.75) is 36.8 Å². The summed E-state index contributed by atoms with van der Waals surface area (Å²) in [6, 6.07) is 0. The minimum atomic E-state index is 0.209. The molecule has 14 heavy (non-hydrogen) atoms. The first-order valence-corrected chi connectivity index (χ1v) is 6.07. The van der Waals surface area contributed by atoms with Gasteiger partial charge in [0.15, 0.2) is 0 Å². The highest BCUT2D eigenvalue weighted by atomic mass is 79.9. The summed E-state index contributed by atoms with van der Waals surface area (Å²) in [6.45, 7) is 4.28. The average Bonchev–Trinajstić information content (AvgIpc) is 2.16. The summed E-state index contributed by atoms with van der Waals surface area (Å²) in [5.74, 6) is 0. The third-order valence-electron chi connectivity index (χ3n) is 2.36. The molecule has 1 fully saturated rings. The highest BCUT2D eigenvalue weighted by molar-refractivity contribution is 9.09. The predicted molar refractivity (Wildman–Crippen MR) is 59.0 cm³/mol. The predicted octanol–water partition coefficient (Wildman–Crippen LogP) is 1.98. The van der Waals surface area contributed by atoms with Crippen LogP contribution in [0.25, 0.3) is 0 Å². The maximum atomic E-state index is 5.62. The number of hydrogen-bond donors (Lipinski definition) is 0. The number of hydrogen-bond acceptors (Lipinski definition) is 3. The van der Waals surface area contributed by atoms with E-state index in [0.29, 0.717) is 18.0 Å². The highest BCUT2D eigenvalue weighted by Gasteiger charge is 2.40. The van der Waals surface area contributed by atoms with Gasteiger partial charge in [-0.2, -0.15) is 0 Å². The van der Waals surface area contributed by atoms with E-state index in [1.54, 1.807) is 7.11 Å². The number of methoxy groups -OCH3 is 1. The lowest BCUT2D eigenvalue weighted by molar-refractivity contribution is -0.115. The first-order chi connectivity index (χ1) is 6.79. The second kappa shape index (κ2) is 6.77. The smallest absolute Gasteiger partial charge is 0.0958 e. The van der Waals surface area contributed by atoms with Crippen LogP contribution < -0.4 is 0 Å². The Morgan fingerprint density at radius 1 is 1.29 bits per heavy atom. The molecule has 1 aliphatic carbocycles. The number of ether oxygens (including phenoxy) is 3. The molecule has 0 bridgehead atoms. The molecule has 3 unspecified atom stereocenters. The maximum absolute atomic E-state index is 5.62. The van der Waals surface area contributed by atoms with Crippen molar-refractivity contribution in [2.75, 3.05) is 26.9 Å². The highest BCUT2D eigenvalue weighted by Crippen LogP contribution is 2.32. The lowest BCUT2D eigenvalue weighted by atomic mass is 9.91. The Kier molecular flexibility index (Phi) is 6.01. The largest absolute Gasteiger partial charge is 0.379 e. The summed E-state index contributed by atoms with van der Waals surface area (Å²) in [4.78, 5) is 0.453. The van der Waals surface area contributed by atoms with E-state index in [1.165, 1.54) is 0 Å². The zero-order valence-corrected chi connectivity index (χ0v) is 10.5. The van der Waals surface area contributed by atoms with Gasteiger partial charge >= 0.3 is 0 Å². The quantitative estimate of drug-likeness (QED) is 0.521. The van der Waals surface area contributed by atoms with Gasteiger partial charge in [-0.25, -0.2) is 0 Å². The summed E-state index contributed by atoms with van der Waals surface area (Å²) in [5, 5.41) is 0. The summed E-state index contributed by atoms with van der Waals surface area (Å²) < 4.78 is 16.2. The van der Waals surface area contributed by atoms with Crippen LogP contribution in [0.3, 0.4) is 0 Å². The maximum Gasteiger partial charge on any atom is 0.0958 e. The fourth-order valence-corrected chi connectivity index (χ4v) is 2.42. The summed E-state index contributed by atoms with van der Waals surface area (Å²) in [6.07, 6.45) is 2.55. The molecule has 0 aliphatic heterocycles. The molecule has 0 saturated heterocycles. The molecule has 3 atom stereocenters. The van der Waals surface area contributed by atoms with Crippen molar-refractivity contribution in [3.63, 3.8) is 0 Å². The Bertz CT molecular complexity index is 154. The zero-order valence-electron chi connectivity index (χ0n) is 8.87. The Morgan fingerprint density at radius 2 is 2.07 bits per heavy atom. The molecule has 0 aromatic carbocycles. The van der Waals surface area contributed by atoms with Crippen molar-refractivity contribution >= 4 is 15.9 Å². The fraction of sp³-hybridized carbons (Fsp3) is 1.00. The van der Waals surface area contributed by atoms with Gasteiger partial charge in [-0.15, -0.1) is 0 Å². The third kappa shape index (κ3) is 3.50. The van der Waals surface area contributed by atoms with Crippen LogP contribution in [0.2, 0.25) is 0 Å². The SMILES string of the molecule is CCCOCCOC1CC(Br)C1OC. The van der Waals surface area contributed by atoms with Gasteiger partial charge < -0.3 is 14.2 Å². The molecular formula is C10H19BrO3. The summed E-state index contributed by atoms with van der Waals surface area (Å²) in [7, 11) is 1.72. The van der Waals surface area contributed by atoms with E-state index < -0.39 is 0 Å². The summed E-state index contributed by atoms with van der Waals surface area (Å²) >= 11 is 3.52. The van der Waals surface area contributed by atoms with Crippen molar-refractivity contribution in [2.24, 2.45) is 0 Å². The van der Waals surface area contributed by atoms with Crippen molar-refractivity contribution in [3.05, 3.63) is 0 Å². The van der Waals surface area contributed by atoms with Crippen molar-refractivity contribution in [3.8, 4) is 0 Å². The molecule has 0 heterocycles. The number of rotatable bonds is 7. The molecule has 3 nitrogen and oxygen atoms in total. The Labute approximate surface area is 94.2 Å². The van der Waals surface area contributed by atoms with Crippen LogP contribution in [0.1, 0.15) is 19.8 Å². The zero-order chi connectivity index (χ0) is 10.4. The van der Waals surface area contributed by atoms with E-state index in [4.69, 9.17) is 14.2 Å². The molecule has 84 valence electrons. The van der Waals surface area contributed by atoms with Crippen molar-refractivity contribution < 1.29 is 14.2 Å². The molecule has 0 radical (unpaired) electrons. The normalized spacial score (nSPS) is 31.5. The first-order valence-electron chi connectivity index (χ1n) is 5.15. The van der Waals surface area contributed by atoms with Gasteiger partial charge in [-0.1, -0.05) is 22.9 Å². The van der Waals surface area contributed by atoms with Crippen LogP contribution in [-0.2, 0) is 14.2 Å². The van der Waals surface area contributed by atoms with E-state index in [9.17, 15) is 0 Å². The average molecular weight is 267 g/mol. The van der Waals surface area contributed by atoms with E-state index >= 15 is 0 Å². The minimum Gasteiger partial charge on any atom is -0.379 e. The molecule has 0 aromatic rings.